The van der Waals surface area contributed by atoms with Crippen molar-refractivity contribution >= 4 is 28.7 Å². The first-order chi connectivity index (χ1) is 8.20. The Morgan fingerprint density at radius 2 is 2.12 bits per heavy atom. The fourth-order valence-electron chi connectivity index (χ4n) is 1.38. The van der Waals surface area contributed by atoms with Crippen molar-refractivity contribution in [2.45, 2.75) is 0 Å². The maximum Gasteiger partial charge on any atom is 0.101 e. The third-order valence-corrected chi connectivity index (χ3v) is 2.53. The zero-order valence-electron chi connectivity index (χ0n) is 8.81. The van der Waals surface area contributed by atoms with Gasteiger partial charge in [-0.3, -0.25) is 4.98 Å². The fraction of sp³-hybridized carbons (Fsp3) is 0. The Morgan fingerprint density at radius 3 is 2.88 bits per heavy atom. The molecule has 0 aliphatic rings. The third kappa shape index (κ3) is 2.47. The Morgan fingerprint density at radius 1 is 1.29 bits per heavy atom. The molecule has 2 rings (SSSR count). The van der Waals surface area contributed by atoms with Crippen LogP contribution in [0.1, 0.15) is 5.56 Å². The molecule has 0 spiro atoms. The lowest BCUT2D eigenvalue weighted by Crippen LogP contribution is -1.96. The van der Waals surface area contributed by atoms with Gasteiger partial charge in [-0.2, -0.15) is 5.26 Å². The smallest absolute Gasteiger partial charge is 0.101 e. The number of nitrogens with two attached hydrogens (primary N) is 1. The second kappa shape index (κ2) is 4.73. The second-order valence-corrected chi connectivity index (χ2v) is 3.80. The number of halogens is 1. The minimum absolute atomic E-state index is 0.499. The molecule has 1 aromatic heterocycles. The van der Waals surface area contributed by atoms with Crippen molar-refractivity contribution in [1.29, 1.82) is 5.26 Å². The molecule has 84 valence electrons. The highest BCUT2D eigenvalue weighted by Gasteiger charge is 2.05. The van der Waals surface area contributed by atoms with E-state index in [1.807, 2.05) is 0 Å². The van der Waals surface area contributed by atoms with Crippen LogP contribution in [0.25, 0.3) is 0 Å². The maximum atomic E-state index is 8.94. The SMILES string of the molecule is N#Cc1ccncc1Nc1cc(N)ccc1Cl. The van der Waals surface area contributed by atoms with E-state index in [0.29, 0.717) is 27.6 Å². The van der Waals surface area contributed by atoms with Gasteiger partial charge in [-0.1, -0.05) is 11.6 Å². The Balaban J connectivity index is 2.38. The maximum absolute atomic E-state index is 8.94. The van der Waals surface area contributed by atoms with E-state index in [4.69, 9.17) is 22.6 Å². The van der Waals surface area contributed by atoms with Gasteiger partial charge in [-0.25, -0.2) is 0 Å². The van der Waals surface area contributed by atoms with Gasteiger partial charge in [0.25, 0.3) is 0 Å². The summed E-state index contributed by atoms with van der Waals surface area (Å²) in [6.07, 6.45) is 3.13. The molecular formula is C12H9ClN4. The van der Waals surface area contributed by atoms with Crippen molar-refractivity contribution in [2.75, 3.05) is 11.1 Å². The number of nitrogens with one attached hydrogen (secondary N) is 1. The van der Waals surface area contributed by atoms with Crippen LogP contribution in [0, 0.1) is 11.3 Å². The molecule has 17 heavy (non-hydrogen) atoms. The molecule has 2 aromatic rings. The molecule has 0 amide bonds. The largest absolute Gasteiger partial charge is 0.399 e. The van der Waals surface area contributed by atoms with Crippen LogP contribution in [0.2, 0.25) is 5.02 Å². The Kier molecular flexibility index (Phi) is 3.12. The summed E-state index contributed by atoms with van der Waals surface area (Å²) in [6.45, 7) is 0. The first-order valence-corrected chi connectivity index (χ1v) is 5.24. The molecule has 0 saturated carbocycles. The third-order valence-electron chi connectivity index (χ3n) is 2.20. The first kappa shape index (κ1) is 11.2. The highest BCUT2D eigenvalue weighted by Crippen LogP contribution is 2.28. The van der Waals surface area contributed by atoms with Crippen LogP contribution in [0.5, 0.6) is 0 Å². The molecule has 0 atom stereocenters. The molecular weight excluding hydrogens is 236 g/mol. The van der Waals surface area contributed by atoms with E-state index in [1.54, 1.807) is 36.7 Å². The molecule has 0 unspecified atom stereocenters. The lowest BCUT2D eigenvalue weighted by molar-refractivity contribution is 1.30. The number of nitriles is 1. The van der Waals surface area contributed by atoms with E-state index in [0.717, 1.165) is 0 Å². The normalized spacial score (nSPS) is 9.65. The lowest BCUT2D eigenvalue weighted by Gasteiger charge is -2.09. The van der Waals surface area contributed by atoms with Crippen LogP contribution in [0.4, 0.5) is 17.1 Å². The number of nitrogen functional groups attached to an aromatic ring is 1. The van der Waals surface area contributed by atoms with Gasteiger partial charge in [0, 0.05) is 11.9 Å². The van der Waals surface area contributed by atoms with Crippen molar-refractivity contribution in [3.05, 3.63) is 47.2 Å². The van der Waals surface area contributed by atoms with Gasteiger partial charge in [0.2, 0.25) is 0 Å². The monoisotopic (exact) mass is 244 g/mol. The van der Waals surface area contributed by atoms with Crippen LogP contribution in [-0.4, -0.2) is 4.98 Å². The molecule has 0 aliphatic heterocycles. The van der Waals surface area contributed by atoms with Gasteiger partial charge in [-0.15, -0.1) is 0 Å². The minimum atomic E-state index is 0.499. The molecule has 0 aliphatic carbocycles. The molecule has 0 saturated heterocycles. The van der Waals surface area contributed by atoms with E-state index in [9.17, 15) is 0 Å². The summed E-state index contributed by atoms with van der Waals surface area (Å²) in [6, 6.07) is 8.81. The number of anilines is 3. The van der Waals surface area contributed by atoms with Gasteiger partial charge >= 0.3 is 0 Å². The summed E-state index contributed by atoms with van der Waals surface area (Å²) in [5.41, 5.74) is 8.02. The average molecular weight is 245 g/mol. The van der Waals surface area contributed by atoms with E-state index in [-0.39, 0.29) is 0 Å². The average Bonchev–Trinajstić information content (AvgIpc) is 2.34. The number of pyridine rings is 1. The Hall–Kier alpha value is -2.25. The zero-order chi connectivity index (χ0) is 12.3. The molecule has 5 heteroatoms. The zero-order valence-corrected chi connectivity index (χ0v) is 9.57. The standard InChI is InChI=1S/C12H9ClN4/c13-10-2-1-9(15)5-11(10)17-12-7-16-4-3-8(12)6-14/h1-5,7,17H,15H2. The summed E-state index contributed by atoms with van der Waals surface area (Å²) in [4.78, 5) is 3.95. The first-order valence-electron chi connectivity index (χ1n) is 4.87. The molecule has 4 nitrogen and oxygen atoms in total. The van der Waals surface area contributed by atoms with Crippen molar-refractivity contribution in [2.24, 2.45) is 0 Å². The van der Waals surface area contributed by atoms with Crippen molar-refractivity contribution in [3.8, 4) is 6.07 Å². The van der Waals surface area contributed by atoms with Crippen LogP contribution in [0.3, 0.4) is 0 Å². The number of nitrogens with zero attached hydrogens (tertiary/aromatic N) is 2. The number of hydrogen-bond donors (Lipinski definition) is 2. The quantitative estimate of drug-likeness (QED) is 0.797. The van der Waals surface area contributed by atoms with Gasteiger partial charge in [0.1, 0.15) is 6.07 Å². The van der Waals surface area contributed by atoms with Crippen molar-refractivity contribution in [1.82, 2.24) is 4.98 Å². The molecule has 0 bridgehead atoms. The van der Waals surface area contributed by atoms with Crippen molar-refractivity contribution in [3.63, 3.8) is 0 Å². The summed E-state index contributed by atoms with van der Waals surface area (Å²) >= 11 is 6.02. The number of rotatable bonds is 2. The van der Waals surface area contributed by atoms with Crippen LogP contribution in [-0.2, 0) is 0 Å². The van der Waals surface area contributed by atoms with Gasteiger partial charge in [0.05, 0.1) is 28.2 Å². The predicted octanol–water partition coefficient (Wildman–Crippen LogP) is 2.93. The second-order valence-electron chi connectivity index (χ2n) is 3.40. The summed E-state index contributed by atoms with van der Waals surface area (Å²) < 4.78 is 0. The van der Waals surface area contributed by atoms with Crippen molar-refractivity contribution < 1.29 is 0 Å². The Bertz CT molecular complexity index is 589. The summed E-state index contributed by atoms with van der Waals surface area (Å²) in [7, 11) is 0. The van der Waals surface area contributed by atoms with E-state index in [2.05, 4.69) is 16.4 Å². The summed E-state index contributed by atoms with van der Waals surface area (Å²) in [5, 5.41) is 12.5. The van der Waals surface area contributed by atoms with E-state index >= 15 is 0 Å². The predicted molar refractivity (Wildman–Crippen MR) is 68.1 cm³/mol. The minimum Gasteiger partial charge on any atom is -0.399 e. The molecule has 3 N–H and O–H groups in total. The topological polar surface area (TPSA) is 74.7 Å². The van der Waals surface area contributed by atoms with Crippen LogP contribution < -0.4 is 11.1 Å². The van der Waals surface area contributed by atoms with Gasteiger partial charge in [-0.05, 0) is 24.3 Å². The summed E-state index contributed by atoms with van der Waals surface area (Å²) in [5.74, 6) is 0. The molecule has 0 radical (unpaired) electrons. The molecule has 0 fully saturated rings. The fourth-order valence-corrected chi connectivity index (χ4v) is 1.54. The highest BCUT2D eigenvalue weighted by molar-refractivity contribution is 6.33. The number of aromatic nitrogens is 1. The highest BCUT2D eigenvalue weighted by atomic mass is 35.5. The van der Waals surface area contributed by atoms with Crippen LogP contribution in [0.15, 0.2) is 36.7 Å². The number of hydrogen-bond acceptors (Lipinski definition) is 4. The lowest BCUT2D eigenvalue weighted by atomic mass is 10.2. The number of benzene rings is 1. The van der Waals surface area contributed by atoms with E-state index in [1.165, 1.54) is 0 Å². The van der Waals surface area contributed by atoms with Crippen LogP contribution >= 0.6 is 11.6 Å². The van der Waals surface area contributed by atoms with Gasteiger partial charge < -0.3 is 11.1 Å². The van der Waals surface area contributed by atoms with E-state index < -0.39 is 0 Å². The molecule has 1 aromatic carbocycles. The van der Waals surface area contributed by atoms with Gasteiger partial charge in [0.15, 0.2) is 0 Å². The molecule has 1 heterocycles. The Labute approximate surface area is 104 Å².